The third kappa shape index (κ3) is 5.17. The lowest BCUT2D eigenvalue weighted by atomic mass is 10.2. The number of amides is 1. The van der Waals surface area contributed by atoms with Gasteiger partial charge in [0.2, 0.25) is 0 Å². The zero-order valence-electron chi connectivity index (χ0n) is 14.3. The van der Waals surface area contributed by atoms with Crippen LogP contribution in [0.3, 0.4) is 0 Å². The summed E-state index contributed by atoms with van der Waals surface area (Å²) in [6, 6.07) is 12.6. The van der Waals surface area contributed by atoms with E-state index in [4.69, 9.17) is 21.1 Å². The van der Waals surface area contributed by atoms with Crippen molar-refractivity contribution < 1.29 is 14.3 Å². The van der Waals surface area contributed by atoms with E-state index in [0.717, 1.165) is 11.3 Å². The molecule has 0 spiro atoms. The van der Waals surface area contributed by atoms with E-state index in [-0.39, 0.29) is 12.0 Å². The van der Waals surface area contributed by atoms with Gasteiger partial charge in [-0.05, 0) is 75.7 Å². The maximum Gasteiger partial charge on any atom is 0.265 e. The fraction of sp³-hybridized carbons (Fsp3) is 0.316. The first-order valence-corrected chi connectivity index (χ1v) is 8.23. The van der Waals surface area contributed by atoms with Gasteiger partial charge in [-0.3, -0.25) is 4.79 Å². The van der Waals surface area contributed by atoms with Crippen LogP contribution in [0.15, 0.2) is 42.5 Å². The molecular formula is C19H22ClNO3. The van der Waals surface area contributed by atoms with E-state index in [0.29, 0.717) is 16.5 Å². The van der Waals surface area contributed by atoms with Crippen LogP contribution in [-0.4, -0.2) is 18.1 Å². The Balaban J connectivity index is 1.94. The van der Waals surface area contributed by atoms with Crippen LogP contribution in [0.25, 0.3) is 0 Å². The number of carbonyl (C=O) groups excluding carboxylic acids is 1. The summed E-state index contributed by atoms with van der Waals surface area (Å²) in [6.45, 7) is 7.52. The van der Waals surface area contributed by atoms with Gasteiger partial charge in [0.15, 0.2) is 6.10 Å². The van der Waals surface area contributed by atoms with E-state index >= 15 is 0 Å². The molecule has 0 aliphatic heterocycles. The van der Waals surface area contributed by atoms with Gasteiger partial charge in [-0.25, -0.2) is 0 Å². The second-order valence-electron chi connectivity index (χ2n) is 5.85. The van der Waals surface area contributed by atoms with Crippen molar-refractivity contribution in [1.82, 2.24) is 0 Å². The normalized spacial score (nSPS) is 11.9. The summed E-state index contributed by atoms with van der Waals surface area (Å²) in [5.41, 5.74) is 1.60. The molecule has 1 N–H and O–H groups in total. The van der Waals surface area contributed by atoms with Gasteiger partial charge in [0.1, 0.15) is 11.5 Å². The lowest BCUT2D eigenvalue weighted by Gasteiger charge is -2.16. The number of benzene rings is 2. The number of hydrogen-bond donors (Lipinski definition) is 1. The van der Waals surface area contributed by atoms with E-state index in [2.05, 4.69) is 5.32 Å². The van der Waals surface area contributed by atoms with Crippen molar-refractivity contribution in [1.29, 1.82) is 0 Å². The first kappa shape index (κ1) is 18.1. The molecule has 2 rings (SSSR count). The SMILES string of the molecule is Cc1cc(O[C@@H](C)C(=O)Nc2ccc(OC(C)C)cc2)ccc1Cl. The van der Waals surface area contributed by atoms with Crippen LogP contribution in [0, 0.1) is 6.92 Å². The van der Waals surface area contributed by atoms with Crippen molar-refractivity contribution in [3.05, 3.63) is 53.1 Å². The fourth-order valence-electron chi connectivity index (χ4n) is 2.08. The Hall–Kier alpha value is -2.20. The number of halogens is 1. The van der Waals surface area contributed by atoms with Crippen LogP contribution >= 0.6 is 11.6 Å². The fourth-order valence-corrected chi connectivity index (χ4v) is 2.20. The molecule has 0 bridgehead atoms. The molecular weight excluding hydrogens is 326 g/mol. The molecule has 0 unspecified atom stereocenters. The van der Waals surface area contributed by atoms with Gasteiger partial charge in [0.05, 0.1) is 6.10 Å². The third-order valence-corrected chi connectivity index (χ3v) is 3.73. The third-order valence-electron chi connectivity index (χ3n) is 3.31. The molecule has 0 saturated heterocycles. The van der Waals surface area contributed by atoms with E-state index in [1.54, 1.807) is 31.2 Å². The molecule has 0 heterocycles. The molecule has 0 saturated carbocycles. The molecule has 0 radical (unpaired) electrons. The van der Waals surface area contributed by atoms with Gasteiger partial charge in [-0.2, -0.15) is 0 Å². The topological polar surface area (TPSA) is 47.6 Å². The Kier molecular flexibility index (Phi) is 6.10. The van der Waals surface area contributed by atoms with E-state index < -0.39 is 6.10 Å². The van der Waals surface area contributed by atoms with Crippen molar-refractivity contribution in [2.24, 2.45) is 0 Å². The van der Waals surface area contributed by atoms with Crippen LogP contribution in [-0.2, 0) is 4.79 Å². The highest BCUT2D eigenvalue weighted by Gasteiger charge is 2.15. The summed E-state index contributed by atoms with van der Waals surface area (Å²) in [5, 5.41) is 3.49. The first-order chi connectivity index (χ1) is 11.3. The predicted molar refractivity (Wildman–Crippen MR) is 97.1 cm³/mol. The second kappa shape index (κ2) is 8.06. The second-order valence-corrected chi connectivity index (χ2v) is 6.26. The van der Waals surface area contributed by atoms with Gasteiger partial charge in [0, 0.05) is 10.7 Å². The zero-order chi connectivity index (χ0) is 17.7. The van der Waals surface area contributed by atoms with Gasteiger partial charge in [0.25, 0.3) is 5.91 Å². The molecule has 0 aromatic heterocycles. The summed E-state index contributed by atoms with van der Waals surface area (Å²) < 4.78 is 11.2. The van der Waals surface area contributed by atoms with Gasteiger partial charge < -0.3 is 14.8 Å². The van der Waals surface area contributed by atoms with Crippen LogP contribution in [0.2, 0.25) is 5.02 Å². The minimum atomic E-state index is -0.628. The highest BCUT2D eigenvalue weighted by Crippen LogP contribution is 2.22. The molecule has 128 valence electrons. The first-order valence-electron chi connectivity index (χ1n) is 7.85. The van der Waals surface area contributed by atoms with E-state index in [1.807, 2.05) is 39.0 Å². The molecule has 1 amide bonds. The van der Waals surface area contributed by atoms with Crippen molar-refractivity contribution in [3.63, 3.8) is 0 Å². The maximum absolute atomic E-state index is 12.2. The number of carbonyl (C=O) groups is 1. The van der Waals surface area contributed by atoms with Crippen molar-refractivity contribution in [2.75, 3.05) is 5.32 Å². The van der Waals surface area contributed by atoms with E-state index in [1.165, 1.54) is 0 Å². The quantitative estimate of drug-likeness (QED) is 0.813. The minimum absolute atomic E-state index is 0.113. The summed E-state index contributed by atoms with van der Waals surface area (Å²) >= 11 is 5.99. The molecule has 0 fully saturated rings. The van der Waals surface area contributed by atoms with Crippen molar-refractivity contribution >= 4 is 23.2 Å². The number of aryl methyl sites for hydroxylation is 1. The van der Waals surface area contributed by atoms with E-state index in [9.17, 15) is 4.79 Å². The largest absolute Gasteiger partial charge is 0.491 e. The van der Waals surface area contributed by atoms with Gasteiger partial charge >= 0.3 is 0 Å². The average Bonchev–Trinajstić information content (AvgIpc) is 2.52. The lowest BCUT2D eigenvalue weighted by Crippen LogP contribution is -2.30. The Morgan fingerprint density at radius 2 is 1.62 bits per heavy atom. The number of rotatable bonds is 6. The van der Waals surface area contributed by atoms with Crippen molar-refractivity contribution in [3.8, 4) is 11.5 Å². The van der Waals surface area contributed by atoms with Crippen molar-refractivity contribution in [2.45, 2.75) is 39.9 Å². The number of nitrogens with one attached hydrogen (secondary N) is 1. The smallest absolute Gasteiger partial charge is 0.265 e. The summed E-state index contributed by atoms with van der Waals surface area (Å²) in [4.78, 5) is 12.2. The molecule has 5 heteroatoms. The summed E-state index contributed by atoms with van der Waals surface area (Å²) in [6.07, 6.45) is -0.515. The Bertz CT molecular complexity index is 698. The van der Waals surface area contributed by atoms with Crippen LogP contribution in [0.1, 0.15) is 26.3 Å². The molecule has 2 aromatic rings. The highest BCUT2D eigenvalue weighted by atomic mass is 35.5. The Morgan fingerprint density at radius 1 is 1.00 bits per heavy atom. The van der Waals surface area contributed by atoms with Gasteiger partial charge in [-0.15, -0.1) is 0 Å². The number of anilines is 1. The van der Waals surface area contributed by atoms with Crippen LogP contribution in [0.4, 0.5) is 5.69 Å². The number of ether oxygens (including phenoxy) is 2. The monoisotopic (exact) mass is 347 g/mol. The zero-order valence-corrected chi connectivity index (χ0v) is 15.1. The highest BCUT2D eigenvalue weighted by molar-refractivity contribution is 6.31. The minimum Gasteiger partial charge on any atom is -0.491 e. The molecule has 1 atom stereocenters. The molecule has 0 aliphatic rings. The average molecular weight is 348 g/mol. The lowest BCUT2D eigenvalue weighted by molar-refractivity contribution is -0.122. The Labute approximate surface area is 147 Å². The number of hydrogen-bond acceptors (Lipinski definition) is 3. The van der Waals surface area contributed by atoms with Crippen LogP contribution < -0.4 is 14.8 Å². The molecule has 0 aliphatic carbocycles. The summed E-state index contributed by atoms with van der Waals surface area (Å²) in [7, 11) is 0. The molecule has 4 nitrogen and oxygen atoms in total. The maximum atomic E-state index is 12.2. The molecule has 2 aromatic carbocycles. The van der Waals surface area contributed by atoms with Gasteiger partial charge in [-0.1, -0.05) is 11.6 Å². The molecule has 24 heavy (non-hydrogen) atoms. The predicted octanol–water partition coefficient (Wildman–Crippen LogP) is 4.84. The van der Waals surface area contributed by atoms with Crippen LogP contribution in [0.5, 0.6) is 11.5 Å². The standard InChI is InChI=1S/C19H22ClNO3/c1-12(2)23-16-7-5-15(6-8-16)21-19(22)14(4)24-17-9-10-18(20)13(3)11-17/h5-12,14H,1-4H3,(H,21,22)/t14-/m0/s1. The summed E-state index contributed by atoms with van der Waals surface area (Å²) in [5.74, 6) is 1.16. The Morgan fingerprint density at radius 3 is 2.21 bits per heavy atom.